The topological polar surface area (TPSA) is 47.1 Å². The molecule has 0 unspecified atom stereocenters. The minimum Gasteiger partial charge on any atom is -0.449 e. The standard InChI is InChI=1S/C18H22N4O/c1-13-19-15(12-23-13)11-22-9-7-14(8-10-22)18-20-16-5-3-4-6-17(16)21(18)2/h3-6,12,14H,7-11H2,1-2H3. The number of piperidine rings is 1. The molecule has 1 aromatic carbocycles. The summed E-state index contributed by atoms with van der Waals surface area (Å²) in [4.78, 5) is 11.7. The number of aryl methyl sites for hydroxylation is 2. The van der Waals surface area contributed by atoms with Gasteiger partial charge in [-0.25, -0.2) is 9.97 Å². The van der Waals surface area contributed by atoms with Crippen LogP contribution in [0, 0.1) is 6.92 Å². The SMILES string of the molecule is Cc1nc(CN2CCC(c3nc4ccccc4n3C)CC2)co1. The van der Waals surface area contributed by atoms with E-state index in [0.29, 0.717) is 5.92 Å². The van der Waals surface area contributed by atoms with Crippen LogP contribution in [-0.4, -0.2) is 32.5 Å². The third-order valence-corrected chi connectivity index (χ3v) is 4.83. The number of hydrogen-bond acceptors (Lipinski definition) is 4. The molecular formula is C18H22N4O. The van der Waals surface area contributed by atoms with E-state index in [4.69, 9.17) is 9.40 Å². The van der Waals surface area contributed by atoms with Gasteiger partial charge in [0, 0.05) is 26.4 Å². The number of benzene rings is 1. The van der Waals surface area contributed by atoms with E-state index in [-0.39, 0.29) is 0 Å². The summed E-state index contributed by atoms with van der Waals surface area (Å²) < 4.78 is 7.56. The van der Waals surface area contributed by atoms with E-state index in [9.17, 15) is 0 Å². The molecule has 2 aromatic heterocycles. The first-order valence-corrected chi connectivity index (χ1v) is 8.25. The summed E-state index contributed by atoms with van der Waals surface area (Å²) in [6, 6.07) is 8.38. The quantitative estimate of drug-likeness (QED) is 0.745. The van der Waals surface area contributed by atoms with Crippen molar-refractivity contribution in [2.75, 3.05) is 13.1 Å². The van der Waals surface area contributed by atoms with Crippen LogP contribution < -0.4 is 0 Å². The molecule has 0 saturated carbocycles. The number of likely N-dealkylation sites (tertiary alicyclic amines) is 1. The van der Waals surface area contributed by atoms with Crippen LogP contribution in [0.1, 0.15) is 36.2 Å². The fourth-order valence-corrected chi connectivity index (χ4v) is 3.59. The van der Waals surface area contributed by atoms with Gasteiger partial charge in [-0.3, -0.25) is 4.90 Å². The lowest BCUT2D eigenvalue weighted by molar-refractivity contribution is 0.198. The molecule has 3 aromatic rings. The van der Waals surface area contributed by atoms with Crippen LogP contribution in [0.5, 0.6) is 0 Å². The van der Waals surface area contributed by atoms with Crippen molar-refractivity contribution < 1.29 is 4.42 Å². The van der Waals surface area contributed by atoms with Gasteiger partial charge in [0.25, 0.3) is 0 Å². The molecule has 0 spiro atoms. The first-order chi connectivity index (χ1) is 11.2. The van der Waals surface area contributed by atoms with E-state index in [0.717, 1.165) is 49.6 Å². The van der Waals surface area contributed by atoms with Gasteiger partial charge in [-0.1, -0.05) is 12.1 Å². The maximum absolute atomic E-state index is 5.29. The van der Waals surface area contributed by atoms with Crippen LogP contribution in [0.3, 0.4) is 0 Å². The van der Waals surface area contributed by atoms with E-state index < -0.39 is 0 Å². The number of nitrogens with zero attached hydrogens (tertiary/aromatic N) is 4. The van der Waals surface area contributed by atoms with E-state index in [1.54, 1.807) is 6.26 Å². The van der Waals surface area contributed by atoms with Crippen molar-refractivity contribution in [1.82, 2.24) is 19.4 Å². The van der Waals surface area contributed by atoms with Crippen LogP contribution >= 0.6 is 0 Å². The Hall–Kier alpha value is -2.14. The second-order valence-electron chi connectivity index (χ2n) is 6.43. The zero-order valence-electron chi connectivity index (χ0n) is 13.7. The molecule has 1 fully saturated rings. The monoisotopic (exact) mass is 310 g/mol. The largest absolute Gasteiger partial charge is 0.449 e. The first-order valence-electron chi connectivity index (χ1n) is 8.25. The van der Waals surface area contributed by atoms with Crippen LogP contribution in [-0.2, 0) is 13.6 Å². The zero-order valence-corrected chi connectivity index (χ0v) is 13.7. The number of aromatic nitrogens is 3. The fraction of sp³-hybridized carbons (Fsp3) is 0.444. The molecule has 4 rings (SSSR count). The second-order valence-corrected chi connectivity index (χ2v) is 6.43. The van der Waals surface area contributed by atoms with Crippen LogP contribution in [0.25, 0.3) is 11.0 Å². The van der Waals surface area contributed by atoms with Crippen LogP contribution in [0.15, 0.2) is 34.9 Å². The van der Waals surface area contributed by atoms with Gasteiger partial charge >= 0.3 is 0 Å². The van der Waals surface area contributed by atoms with Gasteiger partial charge in [-0.15, -0.1) is 0 Å². The molecule has 3 heterocycles. The summed E-state index contributed by atoms with van der Waals surface area (Å²) >= 11 is 0. The van der Waals surface area contributed by atoms with E-state index >= 15 is 0 Å². The van der Waals surface area contributed by atoms with Crippen LogP contribution in [0.4, 0.5) is 0 Å². The van der Waals surface area contributed by atoms with Gasteiger partial charge in [-0.2, -0.15) is 0 Å². The molecule has 1 saturated heterocycles. The number of hydrogen-bond donors (Lipinski definition) is 0. The molecule has 5 nitrogen and oxygen atoms in total. The van der Waals surface area contributed by atoms with E-state index in [2.05, 4.69) is 45.8 Å². The number of rotatable bonds is 3. The average Bonchev–Trinajstić information content (AvgIpc) is 3.12. The Balaban J connectivity index is 1.45. The normalized spacial score (nSPS) is 17.1. The summed E-state index contributed by atoms with van der Waals surface area (Å²) in [6.45, 7) is 4.94. The molecule has 0 bridgehead atoms. The summed E-state index contributed by atoms with van der Waals surface area (Å²) in [5.41, 5.74) is 3.36. The van der Waals surface area contributed by atoms with Gasteiger partial charge in [0.05, 0.1) is 16.7 Å². The number of para-hydroxylation sites is 2. The second kappa shape index (κ2) is 5.81. The minimum absolute atomic E-state index is 0.544. The molecular weight excluding hydrogens is 288 g/mol. The maximum Gasteiger partial charge on any atom is 0.191 e. The minimum atomic E-state index is 0.544. The molecule has 0 N–H and O–H groups in total. The van der Waals surface area contributed by atoms with Crippen molar-refractivity contribution in [3.05, 3.63) is 47.9 Å². The number of fused-ring (bicyclic) bond motifs is 1. The molecule has 0 atom stereocenters. The van der Waals surface area contributed by atoms with Gasteiger partial charge < -0.3 is 8.98 Å². The Morgan fingerprint density at radius 3 is 2.65 bits per heavy atom. The maximum atomic E-state index is 5.29. The molecule has 5 heteroatoms. The Kier molecular flexibility index (Phi) is 3.65. The number of imidazole rings is 1. The van der Waals surface area contributed by atoms with E-state index in [1.165, 1.54) is 11.3 Å². The van der Waals surface area contributed by atoms with Gasteiger partial charge in [0.15, 0.2) is 5.89 Å². The van der Waals surface area contributed by atoms with Crippen molar-refractivity contribution >= 4 is 11.0 Å². The predicted molar refractivity (Wildman–Crippen MR) is 89.2 cm³/mol. The van der Waals surface area contributed by atoms with Gasteiger partial charge in [-0.05, 0) is 38.1 Å². The zero-order chi connectivity index (χ0) is 15.8. The van der Waals surface area contributed by atoms with Crippen molar-refractivity contribution in [2.45, 2.75) is 32.2 Å². The molecule has 0 amide bonds. The molecule has 0 aliphatic carbocycles. The molecule has 1 aliphatic rings. The molecule has 120 valence electrons. The highest BCUT2D eigenvalue weighted by molar-refractivity contribution is 5.75. The third kappa shape index (κ3) is 2.77. The first kappa shape index (κ1) is 14.5. The lowest BCUT2D eigenvalue weighted by atomic mass is 9.96. The fourth-order valence-electron chi connectivity index (χ4n) is 3.59. The highest BCUT2D eigenvalue weighted by Gasteiger charge is 2.25. The Morgan fingerprint density at radius 1 is 1.17 bits per heavy atom. The summed E-state index contributed by atoms with van der Waals surface area (Å²) in [6.07, 6.45) is 4.06. The smallest absolute Gasteiger partial charge is 0.191 e. The van der Waals surface area contributed by atoms with Crippen molar-refractivity contribution in [2.24, 2.45) is 7.05 Å². The van der Waals surface area contributed by atoms with Crippen molar-refractivity contribution in [1.29, 1.82) is 0 Å². The molecule has 23 heavy (non-hydrogen) atoms. The Bertz CT molecular complexity index is 811. The Labute approximate surface area is 135 Å². The third-order valence-electron chi connectivity index (χ3n) is 4.83. The lowest BCUT2D eigenvalue weighted by Gasteiger charge is -2.31. The number of oxazole rings is 1. The van der Waals surface area contributed by atoms with Crippen molar-refractivity contribution in [3.8, 4) is 0 Å². The van der Waals surface area contributed by atoms with Crippen molar-refractivity contribution in [3.63, 3.8) is 0 Å². The lowest BCUT2D eigenvalue weighted by Crippen LogP contribution is -2.33. The summed E-state index contributed by atoms with van der Waals surface area (Å²) in [5, 5.41) is 0. The predicted octanol–water partition coefficient (Wildman–Crippen LogP) is 3.25. The van der Waals surface area contributed by atoms with Crippen LogP contribution in [0.2, 0.25) is 0 Å². The molecule has 0 radical (unpaired) electrons. The highest BCUT2D eigenvalue weighted by atomic mass is 16.3. The highest BCUT2D eigenvalue weighted by Crippen LogP contribution is 2.30. The van der Waals surface area contributed by atoms with Gasteiger partial charge in [0.1, 0.15) is 12.1 Å². The summed E-state index contributed by atoms with van der Waals surface area (Å²) in [5.74, 6) is 2.51. The average molecular weight is 310 g/mol. The molecule has 1 aliphatic heterocycles. The van der Waals surface area contributed by atoms with Gasteiger partial charge in [0.2, 0.25) is 0 Å². The summed E-state index contributed by atoms with van der Waals surface area (Å²) in [7, 11) is 2.13. The Morgan fingerprint density at radius 2 is 1.96 bits per heavy atom. The van der Waals surface area contributed by atoms with E-state index in [1.807, 2.05) is 6.92 Å².